The molecule has 2 N–H and O–H groups in total. The van der Waals surface area contributed by atoms with Gasteiger partial charge in [-0.05, 0) is 57.9 Å². The molecule has 0 aromatic heterocycles. The average Bonchev–Trinajstić information content (AvgIpc) is 2.73. The van der Waals surface area contributed by atoms with Crippen molar-refractivity contribution in [2.45, 2.75) is 41.0 Å². The largest absolute Gasteiger partial charge is 0.335 e. The molecule has 0 bridgehead atoms. The van der Waals surface area contributed by atoms with Crippen LogP contribution in [-0.2, 0) is 4.79 Å². The molecule has 2 amide bonds. The summed E-state index contributed by atoms with van der Waals surface area (Å²) in [6.07, 6.45) is 0.867. The summed E-state index contributed by atoms with van der Waals surface area (Å²) < 4.78 is 0. The molecule has 2 aromatic rings. The second-order valence-electron chi connectivity index (χ2n) is 7.98. The predicted molar refractivity (Wildman–Crippen MR) is 123 cm³/mol. The molecule has 5 nitrogen and oxygen atoms in total. The number of anilines is 1. The van der Waals surface area contributed by atoms with Crippen molar-refractivity contribution in [2.24, 2.45) is 0 Å². The lowest BCUT2D eigenvalue weighted by molar-refractivity contribution is -0.896. The van der Waals surface area contributed by atoms with Gasteiger partial charge >= 0.3 is 0 Å². The number of aryl methyl sites for hydroxylation is 3. The van der Waals surface area contributed by atoms with Crippen LogP contribution >= 0.6 is 0 Å². The molecule has 0 spiro atoms. The Morgan fingerprint density at radius 3 is 2.13 bits per heavy atom. The van der Waals surface area contributed by atoms with Gasteiger partial charge in [0.2, 0.25) is 5.91 Å². The fourth-order valence-electron chi connectivity index (χ4n) is 3.87. The van der Waals surface area contributed by atoms with E-state index in [1.807, 2.05) is 39.0 Å². The lowest BCUT2D eigenvalue weighted by Gasteiger charge is -2.24. The maximum atomic E-state index is 13.1. The average molecular weight is 411 g/mol. The smallest absolute Gasteiger partial charge is 0.254 e. The monoisotopic (exact) mass is 410 g/mol. The van der Waals surface area contributed by atoms with Gasteiger partial charge in [0.15, 0.2) is 0 Å². The van der Waals surface area contributed by atoms with Crippen LogP contribution in [0.5, 0.6) is 0 Å². The van der Waals surface area contributed by atoms with Crippen LogP contribution in [-0.4, -0.2) is 49.4 Å². The Balaban J connectivity index is 2.11. The van der Waals surface area contributed by atoms with Crippen molar-refractivity contribution in [3.8, 4) is 0 Å². The van der Waals surface area contributed by atoms with E-state index in [0.29, 0.717) is 12.1 Å². The van der Waals surface area contributed by atoms with Crippen molar-refractivity contribution < 1.29 is 14.5 Å². The molecule has 0 aliphatic heterocycles. The van der Waals surface area contributed by atoms with Crippen molar-refractivity contribution in [2.75, 3.05) is 38.0 Å². The van der Waals surface area contributed by atoms with Crippen LogP contribution in [0.2, 0.25) is 0 Å². The number of carbonyl (C=O) groups is 2. The van der Waals surface area contributed by atoms with Crippen LogP contribution < -0.4 is 10.2 Å². The summed E-state index contributed by atoms with van der Waals surface area (Å²) in [4.78, 5) is 29.1. The first-order valence-electron chi connectivity index (χ1n) is 10.9. The molecule has 0 heterocycles. The molecule has 5 heteroatoms. The van der Waals surface area contributed by atoms with Crippen LogP contribution in [0, 0.1) is 20.8 Å². The number of hydrogen-bond acceptors (Lipinski definition) is 2. The van der Waals surface area contributed by atoms with Crippen molar-refractivity contribution in [3.63, 3.8) is 0 Å². The summed E-state index contributed by atoms with van der Waals surface area (Å²) in [6, 6.07) is 13.3. The third kappa shape index (κ3) is 6.70. The highest BCUT2D eigenvalue weighted by Crippen LogP contribution is 2.22. The van der Waals surface area contributed by atoms with E-state index in [9.17, 15) is 9.59 Å². The minimum absolute atomic E-state index is 0.0497. The summed E-state index contributed by atoms with van der Waals surface area (Å²) >= 11 is 0. The molecular weight excluding hydrogens is 374 g/mol. The molecule has 0 fully saturated rings. The van der Waals surface area contributed by atoms with E-state index in [4.69, 9.17) is 0 Å². The van der Waals surface area contributed by atoms with Gasteiger partial charge in [0, 0.05) is 24.2 Å². The lowest BCUT2D eigenvalue weighted by atomic mass is 10.1. The number of nitrogens with zero attached hydrogens (tertiary/aromatic N) is 1. The first-order valence-corrected chi connectivity index (χ1v) is 10.9. The van der Waals surface area contributed by atoms with Gasteiger partial charge in [0.1, 0.15) is 6.54 Å². The van der Waals surface area contributed by atoms with Gasteiger partial charge in [0.25, 0.3) is 5.91 Å². The molecule has 2 rings (SSSR count). The van der Waals surface area contributed by atoms with Gasteiger partial charge in [-0.15, -0.1) is 0 Å². The molecule has 30 heavy (non-hydrogen) atoms. The van der Waals surface area contributed by atoms with Crippen LogP contribution in [0.25, 0.3) is 0 Å². The maximum absolute atomic E-state index is 13.1. The molecule has 0 aliphatic carbocycles. The van der Waals surface area contributed by atoms with E-state index in [2.05, 4.69) is 31.3 Å². The van der Waals surface area contributed by atoms with Gasteiger partial charge < -0.3 is 15.1 Å². The minimum Gasteiger partial charge on any atom is -0.335 e. The number of quaternary nitrogens is 1. The molecule has 0 aliphatic rings. The highest BCUT2D eigenvalue weighted by molar-refractivity contribution is 5.99. The van der Waals surface area contributed by atoms with E-state index in [0.717, 1.165) is 42.9 Å². The van der Waals surface area contributed by atoms with Crippen molar-refractivity contribution in [3.05, 3.63) is 64.7 Å². The van der Waals surface area contributed by atoms with Crippen LogP contribution in [0.3, 0.4) is 0 Å². The number of benzene rings is 2. The van der Waals surface area contributed by atoms with Crippen LogP contribution in [0.4, 0.5) is 5.69 Å². The zero-order valence-corrected chi connectivity index (χ0v) is 19.0. The van der Waals surface area contributed by atoms with Crippen LogP contribution in [0.1, 0.15) is 47.3 Å². The highest BCUT2D eigenvalue weighted by Gasteiger charge is 2.20. The summed E-state index contributed by atoms with van der Waals surface area (Å²) in [5.41, 5.74) is 4.69. The quantitative estimate of drug-likeness (QED) is 0.633. The fraction of sp³-hybridized carbons (Fsp3) is 0.440. The Morgan fingerprint density at radius 2 is 1.57 bits per heavy atom. The van der Waals surface area contributed by atoms with Gasteiger partial charge in [-0.1, -0.05) is 35.9 Å². The van der Waals surface area contributed by atoms with E-state index >= 15 is 0 Å². The van der Waals surface area contributed by atoms with Gasteiger partial charge in [-0.3, -0.25) is 9.59 Å². The maximum Gasteiger partial charge on any atom is 0.254 e. The number of amides is 2. The topological polar surface area (TPSA) is 53.9 Å². The standard InChI is InChI=1S/C25H35N3O2/c1-6-27(7-2)14-11-15-28(25(30)22-12-9-8-10-13-22)18-23(29)26-24-20(4)16-19(3)17-21(24)5/h8-10,12-13,16-17H,6-7,11,14-15,18H2,1-5H3,(H,26,29)/p+1. The fourth-order valence-corrected chi connectivity index (χ4v) is 3.87. The summed E-state index contributed by atoms with van der Waals surface area (Å²) in [5, 5.41) is 3.03. The van der Waals surface area contributed by atoms with E-state index in [1.165, 1.54) is 10.5 Å². The Hall–Kier alpha value is -2.66. The Labute approximate surface area is 181 Å². The number of rotatable bonds is 10. The Kier molecular flexibility index (Phi) is 9.06. The Morgan fingerprint density at radius 1 is 0.967 bits per heavy atom. The first kappa shape index (κ1) is 23.6. The number of hydrogen-bond donors (Lipinski definition) is 2. The van der Waals surface area contributed by atoms with Crippen molar-refractivity contribution >= 4 is 17.5 Å². The third-order valence-corrected chi connectivity index (χ3v) is 5.54. The van der Waals surface area contributed by atoms with Crippen molar-refractivity contribution in [1.82, 2.24) is 4.90 Å². The minimum atomic E-state index is -0.162. The SMILES string of the molecule is CC[NH+](CC)CCCN(CC(=O)Nc1c(C)cc(C)cc1C)C(=O)c1ccccc1. The molecule has 0 radical (unpaired) electrons. The van der Waals surface area contributed by atoms with E-state index in [1.54, 1.807) is 17.0 Å². The molecule has 0 atom stereocenters. The second-order valence-corrected chi connectivity index (χ2v) is 7.98. The molecule has 0 unspecified atom stereocenters. The molecular formula is C25H36N3O2+. The summed E-state index contributed by atoms with van der Waals surface area (Å²) in [7, 11) is 0. The Bertz CT molecular complexity index is 822. The van der Waals surface area contributed by atoms with Gasteiger partial charge in [-0.2, -0.15) is 0 Å². The predicted octanol–water partition coefficient (Wildman–Crippen LogP) is 3.01. The van der Waals surface area contributed by atoms with Gasteiger partial charge in [0.05, 0.1) is 19.6 Å². The first-order chi connectivity index (χ1) is 14.3. The lowest BCUT2D eigenvalue weighted by Crippen LogP contribution is -3.11. The normalized spacial score (nSPS) is 10.9. The molecule has 162 valence electrons. The van der Waals surface area contributed by atoms with Crippen molar-refractivity contribution in [1.29, 1.82) is 0 Å². The molecule has 2 aromatic carbocycles. The second kappa shape index (κ2) is 11.5. The summed E-state index contributed by atoms with van der Waals surface area (Å²) in [6.45, 7) is 14.1. The van der Waals surface area contributed by atoms with E-state index in [-0.39, 0.29) is 18.4 Å². The number of carbonyl (C=O) groups excluding carboxylic acids is 2. The highest BCUT2D eigenvalue weighted by atomic mass is 16.2. The zero-order chi connectivity index (χ0) is 22.1. The molecule has 0 saturated heterocycles. The third-order valence-electron chi connectivity index (χ3n) is 5.54. The summed E-state index contributed by atoms with van der Waals surface area (Å²) in [5.74, 6) is -0.262. The number of nitrogens with one attached hydrogen (secondary N) is 2. The van der Waals surface area contributed by atoms with Gasteiger partial charge in [-0.25, -0.2) is 0 Å². The van der Waals surface area contributed by atoms with E-state index < -0.39 is 0 Å². The van der Waals surface area contributed by atoms with Crippen LogP contribution in [0.15, 0.2) is 42.5 Å². The molecule has 0 saturated carbocycles. The zero-order valence-electron chi connectivity index (χ0n) is 19.0.